The van der Waals surface area contributed by atoms with Crippen molar-refractivity contribution in [1.82, 2.24) is 5.32 Å². The van der Waals surface area contributed by atoms with Crippen LogP contribution in [0.1, 0.15) is 16.7 Å². The summed E-state index contributed by atoms with van der Waals surface area (Å²) in [5, 5.41) is 2.23. The first-order valence-corrected chi connectivity index (χ1v) is 12.4. The van der Waals surface area contributed by atoms with Gasteiger partial charge in [-0.25, -0.2) is 9.69 Å². The molecule has 1 fully saturated rings. The van der Waals surface area contributed by atoms with Gasteiger partial charge in [0.25, 0.3) is 11.8 Å². The lowest BCUT2D eigenvalue weighted by molar-refractivity contribution is -0.122. The Morgan fingerprint density at radius 2 is 1.69 bits per heavy atom. The molecule has 0 spiro atoms. The summed E-state index contributed by atoms with van der Waals surface area (Å²) in [6, 6.07) is 17.4. The number of nitrogens with one attached hydrogen (secondary N) is 1. The van der Waals surface area contributed by atoms with Gasteiger partial charge in [0, 0.05) is 8.04 Å². The number of anilines is 1. The summed E-state index contributed by atoms with van der Waals surface area (Å²) in [4.78, 5) is 39.1. The maximum Gasteiger partial charge on any atom is 0.335 e. The van der Waals surface area contributed by atoms with Gasteiger partial charge in [0.1, 0.15) is 12.2 Å². The van der Waals surface area contributed by atoms with Crippen LogP contribution in [0.15, 0.2) is 70.7 Å². The van der Waals surface area contributed by atoms with Gasteiger partial charge in [-0.05, 0) is 83.1 Å². The van der Waals surface area contributed by atoms with E-state index >= 15 is 0 Å². The Bertz CT molecular complexity index is 1340. The lowest BCUT2D eigenvalue weighted by Gasteiger charge is -2.26. The molecule has 0 radical (unpaired) electrons. The summed E-state index contributed by atoms with van der Waals surface area (Å²) in [7, 11) is 1.51. The predicted molar refractivity (Wildman–Crippen MR) is 144 cm³/mol. The Hall–Kier alpha value is -3.18. The van der Waals surface area contributed by atoms with Crippen molar-refractivity contribution in [3.63, 3.8) is 0 Å². The quantitative estimate of drug-likeness (QED) is 0.214. The lowest BCUT2D eigenvalue weighted by atomic mass is 10.1. The first-order valence-electron chi connectivity index (χ1n) is 10.5. The third-order valence-corrected chi connectivity index (χ3v) is 6.69. The number of nitrogens with zero attached hydrogens (tertiary/aromatic N) is 1. The number of halogens is 2. The standard InChI is InChI=1S/C26H20BrIN2O5/c1-15-3-9-19(10-4-15)30-25(32)20(24(31)29-26(30)33)11-17-12-22(34-2)23(13-21(17)27)35-14-16-5-7-18(28)8-6-16/h3-13H,14H2,1-2H3,(H,29,31,33)/b20-11+. The van der Waals surface area contributed by atoms with Crippen LogP contribution < -0.4 is 19.7 Å². The molecule has 7 nitrogen and oxygen atoms in total. The zero-order valence-corrected chi connectivity index (χ0v) is 22.5. The molecule has 35 heavy (non-hydrogen) atoms. The van der Waals surface area contributed by atoms with Crippen molar-refractivity contribution >= 4 is 68.1 Å². The highest BCUT2D eigenvalue weighted by Gasteiger charge is 2.37. The summed E-state index contributed by atoms with van der Waals surface area (Å²) >= 11 is 5.73. The van der Waals surface area contributed by atoms with Crippen LogP contribution >= 0.6 is 38.5 Å². The first-order chi connectivity index (χ1) is 16.8. The van der Waals surface area contributed by atoms with Gasteiger partial charge < -0.3 is 9.47 Å². The Kier molecular flexibility index (Phi) is 7.56. The summed E-state index contributed by atoms with van der Waals surface area (Å²) in [6.07, 6.45) is 1.42. The maximum absolute atomic E-state index is 13.2. The molecule has 178 valence electrons. The normalized spacial score (nSPS) is 14.8. The summed E-state index contributed by atoms with van der Waals surface area (Å²) in [5.74, 6) is -0.558. The van der Waals surface area contributed by atoms with E-state index in [1.54, 1.807) is 36.4 Å². The van der Waals surface area contributed by atoms with Crippen LogP contribution in [0.25, 0.3) is 6.08 Å². The van der Waals surface area contributed by atoms with E-state index in [9.17, 15) is 14.4 Å². The van der Waals surface area contributed by atoms with Crippen molar-refractivity contribution < 1.29 is 23.9 Å². The number of carbonyl (C=O) groups excluding carboxylic acids is 3. The zero-order valence-electron chi connectivity index (χ0n) is 18.8. The molecule has 0 saturated carbocycles. The third kappa shape index (κ3) is 5.57. The molecule has 3 aromatic carbocycles. The molecule has 3 aromatic rings. The van der Waals surface area contributed by atoms with Crippen molar-refractivity contribution in [2.24, 2.45) is 0 Å². The number of imide groups is 2. The molecular formula is C26H20BrIN2O5. The SMILES string of the molecule is COc1cc(/C=C2\C(=O)NC(=O)N(c3ccc(C)cc3)C2=O)c(Br)cc1OCc1ccc(I)cc1. The molecule has 1 N–H and O–H groups in total. The van der Waals surface area contributed by atoms with E-state index in [4.69, 9.17) is 9.47 Å². The van der Waals surface area contributed by atoms with Crippen molar-refractivity contribution in [2.75, 3.05) is 12.0 Å². The number of benzene rings is 3. The van der Waals surface area contributed by atoms with E-state index in [1.807, 2.05) is 31.2 Å². The van der Waals surface area contributed by atoms with Gasteiger partial charge in [-0.15, -0.1) is 0 Å². The van der Waals surface area contributed by atoms with Crippen LogP contribution in [-0.2, 0) is 16.2 Å². The van der Waals surface area contributed by atoms with Crippen molar-refractivity contribution in [3.8, 4) is 11.5 Å². The minimum atomic E-state index is -0.794. The highest BCUT2D eigenvalue weighted by molar-refractivity contribution is 14.1. The fourth-order valence-electron chi connectivity index (χ4n) is 3.42. The number of amides is 4. The Morgan fingerprint density at radius 1 is 1.00 bits per heavy atom. The molecule has 0 aliphatic carbocycles. The highest BCUT2D eigenvalue weighted by atomic mass is 127. The van der Waals surface area contributed by atoms with E-state index in [0.717, 1.165) is 19.6 Å². The van der Waals surface area contributed by atoms with Crippen LogP contribution in [0.4, 0.5) is 10.5 Å². The third-order valence-electron chi connectivity index (χ3n) is 5.28. The van der Waals surface area contributed by atoms with Gasteiger partial charge in [0.05, 0.1) is 12.8 Å². The van der Waals surface area contributed by atoms with Crippen molar-refractivity contribution in [3.05, 3.63) is 91.0 Å². The number of hydrogen-bond acceptors (Lipinski definition) is 5. The summed E-state index contributed by atoms with van der Waals surface area (Å²) < 4.78 is 13.1. The summed E-state index contributed by atoms with van der Waals surface area (Å²) in [6.45, 7) is 2.24. The van der Waals surface area contributed by atoms with Crippen LogP contribution in [0.5, 0.6) is 11.5 Å². The largest absolute Gasteiger partial charge is 0.493 e. The van der Waals surface area contributed by atoms with Crippen LogP contribution in [0.2, 0.25) is 0 Å². The van der Waals surface area contributed by atoms with E-state index < -0.39 is 17.8 Å². The van der Waals surface area contributed by atoms with Crippen LogP contribution in [-0.4, -0.2) is 25.0 Å². The van der Waals surface area contributed by atoms with Crippen LogP contribution in [0, 0.1) is 10.5 Å². The molecule has 4 rings (SSSR count). The molecule has 0 atom stereocenters. The number of rotatable bonds is 6. The number of carbonyl (C=O) groups is 3. The van der Waals surface area contributed by atoms with E-state index in [0.29, 0.717) is 33.8 Å². The monoisotopic (exact) mass is 646 g/mol. The maximum atomic E-state index is 13.2. The molecule has 4 amide bonds. The number of aryl methyl sites for hydroxylation is 1. The number of ether oxygens (including phenoxy) is 2. The van der Waals surface area contributed by atoms with Gasteiger partial charge >= 0.3 is 6.03 Å². The minimum Gasteiger partial charge on any atom is -0.493 e. The number of barbiturate groups is 1. The zero-order chi connectivity index (χ0) is 25.1. The topological polar surface area (TPSA) is 84.9 Å². The smallest absolute Gasteiger partial charge is 0.335 e. The lowest BCUT2D eigenvalue weighted by Crippen LogP contribution is -2.54. The number of hydrogen-bond donors (Lipinski definition) is 1. The fraction of sp³-hybridized carbons (Fsp3) is 0.115. The molecule has 0 unspecified atom stereocenters. The van der Waals surface area contributed by atoms with Gasteiger partial charge in [-0.2, -0.15) is 0 Å². The van der Waals surface area contributed by atoms with Crippen LogP contribution in [0.3, 0.4) is 0 Å². The molecule has 9 heteroatoms. The second-order valence-electron chi connectivity index (χ2n) is 7.73. The van der Waals surface area contributed by atoms with Crippen molar-refractivity contribution in [1.29, 1.82) is 0 Å². The second kappa shape index (κ2) is 10.6. The second-order valence-corrected chi connectivity index (χ2v) is 9.83. The Morgan fingerprint density at radius 3 is 2.34 bits per heavy atom. The first kappa shape index (κ1) is 24.9. The van der Waals surface area contributed by atoms with Gasteiger partial charge in [0.2, 0.25) is 0 Å². The summed E-state index contributed by atoms with van der Waals surface area (Å²) in [5.41, 5.74) is 2.68. The minimum absolute atomic E-state index is 0.180. The molecular weight excluding hydrogens is 627 g/mol. The Balaban J connectivity index is 1.63. The van der Waals surface area contributed by atoms with E-state index in [2.05, 4.69) is 43.8 Å². The van der Waals surface area contributed by atoms with E-state index in [1.165, 1.54) is 13.2 Å². The van der Waals surface area contributed by atoms with Gasteiger partial charge in [-0.3, -0.25) is 14.9 Å². The van der Waals surface area contributed by atoms with E-state index in [-0.39, 0.29) is 5.57 Å². The number of urea groups is 1. The molecule has 1 saturated heterocycles. The highest BCUT2D eigenvalue weighted by Crippen LogP contribution is 2.35. The molecule has 1 aliphatic heterocycles. The molecule has 0 aromatic heterocycles. The average Bonchev–Trinajstić information content (AvgIpc) is 2.83. The Labute approximate surface area is 224 Å². The molecule has 0 bridgehead atoms. The number of methoxy groups -OCH3 is 1. The molecule has 1 aliphatic rings. The fourth-order valence-corrected chi connectivity index (χ4v) is 4.21. The average molecular weight is 647 g/mol. The predicted octanol–water partition coefficient (Wildman–Crippen LogP) is 5.62. The molecule has 1 heterocycles. The van der Waals surface area contributed by atoms with Gasteiger partial charge in [-0.1, -0.05) is 45.8 Å². The van der Waals surface area contributed by atoms with Crippen molar-refractivity contribution in [2.45, 2.75) is 13.5 Å². The van der Waals surface area contributed by atoms with Gasteiger partial charge in [0.15, 0.2) is 11.5 Å².